The Morgan fingerprint density at radius 1 is 1.32 bits per heavy atom. The average Bonchev–Trinajstić information content (AvgIpc) is 2.93. The van der Waals surface area contributed by atoms with Crippen LogP contribution in [-0.2, 0) is 22.6 Å². The lowest BCUT2D eigenvalue weighted by atomic mass is 10.2. The Labute approximate surface area is 131 Å². The van der Waals surface area contributed by atoms with Crippen molar-refractivity contribution < 1.29 is 14.3 Å². The van der Waals surface area contributed by atoms with Crippen molar-refractivity contribution in [2.75, 3.05) is 12.4 Å². The Kier molecular flexibility index (Phi) is 5.31. The quantitative estimate of drug-likeness (QED) is 0.867. The van der Waals surface area contributed by atoms with Gasteiger partial charge in [-0.25, -0.2) is 9.48 Å². The SMILES string of the molecule is COC(=O)Nc1cn(CC(=O)NCc2ccc(Cl)cc2)nn1. The van der Waals surface area contributed by atoms with Gasteiger partial charge in [0.2, 0.25) is 5.91 Å². The summed E-state index contributed by atoms with van der Waals surface area (Å²) in [6.45, 7) is 0.376. The van der Waals surface area contributed by atoms with E-state index in [1.54, 1.807) is 12.1 Å². The first-order chi connectivity index (χ1) is 10.6. The van der Waals surface area contributed by atoms with E-state index in [2.05, 4.69) is 25.7 Å². The summed E-state index contributed by atoms with van der Waals surface area (Å²) in [6.07, 6.45) is 0.776. The van der Waals surface area contributed by atoms with Crippen molar-refractivity contribution in [3.05, 3.63) is 41.0 Å². The number of rotatable bonds is 5. The minimum Gasteiger partial charge on any atom is -0.453 e. The van der Waals surface area contributed by atoms with Crippen LogP contribution in [0.25, 0.3) is 0 Å². The number of hydrogen-bond acceptors (Lipinski definition) is 5. The second kappa shape index (κ2) is 7.41. The Morgan fingerprint density at radius 2 is 2.05 bits per heavy atom. The average molecular weight is 324 g/mol. The minimum atomic E-state index is -0.653. The van der Waals surface area contributed by atoms with Crippen LogP contribution < -0.4 is 10.6 Å². The molecule has 0 aliphatic carbocycles. The molecule has 0 unspecified atom stereocenters. The molecule has 2 amide bonds. The molecule has 0 aliphatic heterocycles. The molecule has 0 fully saturated rings. The van der Waals surface area contributed by atoms with Gasteiger partial charge in [0, 0.05) is 11.6 Å². The standard InChI is InChI=1S/C13H14ClN5O3/c1-22-13(21)16-11-7-19(18-17-11)8-12(20)15-6-9-2-4-10(14)5-3-9/h2-5,7H,6,8H2,1H3,(H,15,20)(H,16,21). The fourth-order valence-corrected chi connectivity index (χ4v) is 1.72. The van der Waals surface area contributed by atoms with Crippen LogP contribution in [0.2, 0.25) is 5.02 Å². The molecule has 0 radical (unpaired) electrons. The molecule has 8 nitrogen and oxygen atoms in total. The highest BCUT2D eigenvalue weighted by Gasteiger charge is 2.08. The summed E-state index contributed by atoms with van der Waals surface area (Å²) in [4.78, 5) is 22.8. The molecule has 2 N–H and O–H groups in total. The van der Waals surface area contributed by atoms with Gasteiger partial charge in [-0.1, -0.05) is 28.9 Å². The number of aromatic nitrogens is 3. The topological polar surface area (TPSA) is 98.1 Å². The number of carbonyl (C=O) groups excluding carboxylic acids is 2. The Morgan fingerprint density at radius 3 is 2.73 bits per heavy atom. The summed E-state index contributed by atoms with van der Waals surface area (Å²) in [5.41, 5.74) is 0.935. The smallest absolute Gasteiger partial charge is 0.412 e. The van der Waals surface area contributed by atoms with Gasteiger partial charge in [0.1, 0.15) is 6.54 Å². The first-order valence-electron chi connectivity index (χ1n) is 6.33. The molecule has 0 spiro atoms. The number of amides is 2. The number of benzene rings is 1. The van der Waals surface area contributed by atoms with Crippen LogP contribution in [-0.4, -0.2) is 34.1 Å². The summed E-state index contributed by atoms with van der Waals surface area (Å²) in [7, 11) is 1.24. The van der Waals surface area contributed by atoms with Crippen LogP contribution >= 0.6 is 11.6 Å². The maximum absolute atomic E-state index is 11.8. The Balaban J connectivity index is 1.81. The van der Waals surface area contributed by atoms with Gasteiger partial charge in [0.25, 0.3) is 0 Å². The van der Waals surface area contributed by atoms with Crippen LogP contribution in [0.15, 0.2) is 30.5 Å². The van der Waals surface area contributed by atoms with Crippen LogP contribution in [0.4, 0.5) is 10.6 Å². The maximum atomic E-state index is 11.8. The van der Waals surface area contributed by atoms with E-state index in [0.29, 0.717) is 11.6 Å². The second-order valence-electron chi connectivity index (χ2n) is 4.32. The van der Waals surface area contributed by atoms with E-state index in [4.69, 9.17) is 11.6 Å². The lowest BCUT2D eigenvalue weighted by molar-refractivity contribution is -0.122. The number of carbonyl (C=O) groups is 2. The largest absolute Gasteiger partial charge is 0.453 e. The van der Waals surface area contributed by atoms with Gasteiger partial charge >= 0.3 is 6.09 Å². The molecule has 0 atom stereocenters. The van der Waals surface area contributed by atoms with E-state index in [0.717, 1.165) is 5.56 Å². The second-order valence-corrected chi connectivity index (χ2v) is 4.76. The van der Waals surface area contributed by atoms with Crippen LogP contribution in [0.3, 0.4) is 0 Å². The molecule has 2 aromatic rings. The van der Waals surface area contributed by atoms with Crippen molar-refractivity contribution in [2.24, 2.45) is 0 Å². The summed E-state index contributed by atoms with van der Waals surface area (Å²) < 4.78 is 5.73. The summed E-state index contributed by atoms with van der Waals surface area (Å²) >= 11 is 5.79. The third-order valence-electron chi connectivity index (χ3n) is 2.66. The third-order valence-corrected chi connectivity index (χ3v) is 2.91. The van der Waals surface area contributed by atoms with Gasteiger partial charge in [-0.05, 0) is 17.7 Å². The summed E-state index contributed by atoms with van der Waals surface area (Å²) in [5, 5.41) is 13.2. The van der Waals surface area contributed by atoms with Crippen LogP contribution in [0, 0.1) is 0 Å². The van der Waals surface area contributed by atoms with Gasteiger partial charge in [0.05, 0.1) is 13.3 Å². The number of methoxy groups -OCH3 is 1. The fourth-order valence-electron chi connectivity index (χ4n) is 1.59. The highest BCUT2D eigenvalue weighted by atomic mass is 35.5. The van der Waals surface area contributed by atoms with E-state index < -0.39 is 6.09 Å². The maximum Gasteiger partial charge on any atom is 0.412 e. The first kappa shape index (κ1) is 15.8. The number of halogens is 1. The Bertz CT molecular complexity index is 656. The zero-order chi connectivity index (χ0) is 15.9. The van der Waals surface area contributed by atoms with Crippen LogP contribution in [0.5, 0.6) is 0 Å². The molecule has 0 saturated carbocycles. The Hall–Kier alpha value is -2.61. The molecular formula is C13H14ClN5O3. The molecule has 22 heavy (non-hydrogen) atoms. The molecular weight excluding hydrogens is 310 g/mol. The lowest BCUT2D eigenvalue weighted by Gasteiger charge is -2.05. The molecule has 0 saturated heterocycles. The first-order valence-corrected chi connectivity index (χ1v) is 6.71. The number of nitrogens with one attached hydrogen (secondary N) is 2. The van der Waals surface area contributed by atoms with Gasteiger partial charge in [-0.2, -0.15) is 0 Å². The van der Waals surface area contributed by atoms with E-state index in [-0.39, 0.29) is 18.3 Å². The number of nitrogens with zero attached hydrogens (tertiary/aromatic N) is 3. The van der Waals surface area contributed by atoms with Gasteiger partial charge in [-0.15, -0.1) is 5.10 Å². The van der Waals surface area contributed by atoms with Crippen molar-refractivity contribution in [2.45, 2.75) is 13.1 Å². The van der Waals surface area contributed by atoms with E-state index in [1.165, 1.54) is 18.0 Å². The lowest BCUT2D eigenvalue weighted by Crippen LogP contribution is -2.27. The number of ether oxygens (including phenoxy) is 1. The van der Waals surface area contributed by atoms with Crippen molar-refractivity contribution in [3.8, 4) is 0 Å². The molecule has 0 bridgehead atoms. The molecule has 1 heterocycles. The van der Waals surface area contributed by atoms with Gasteiger partial charge in [-0.3, -0.25) is 10.1 Å². The monoisotopic (exact) mass is 323 g/mol. The zero-order valence-corrected chi connectivity index (χ0v) is 12.5. The van der Waals surface area contributed by atoms with Gasteiger partial charge < -0.3 is 10.1 Å². The van der Waals surface area contributed by atoms with Gasteiger partial charge in [0.15, 0.2) is 5.82 Å². The number of hydrogen-bond donors (Lipinski definition) is 2. The molecule has 1 aromatic heterocycles. The molecule has 1 aromatic carbocycles. The van der Waals surface area contributed by atoms with Crippen molar-refractivity contribution in [1.29, 1.82) is 0 Å². The molecule has 2 rings (SSSR count). The third kappa shape index (κ3) is 4.74. The van der Waals surface area contributed by atoms with E-state index >= 15 is 0 Å². The predicted octanol–water partition coefficient (Wildman–Crippen LogP) is 1.43. The summed E-state index contributed by atoms with van der Waals surface area (Å²) in [5.74, 6) is -0.0261. The fraction of sp³-hybridized carbons (Fsp3) is 0.231. The highest BCUT2D eigenvalue weighted by molar-refractivity contribution is 6.30. The van der Waals surface area contributed by atoms with Crippen molar-refractivity contribution in [1.82, 2.24) is 20.3 Å². The number of anilines is 1. The predicted molar refractivity (Wildman–Crippen MR) is 79.3 cm³/mol. The van der Waals surface area contributed by atoms with E-state index in [1.807, 2.05) is 12.1 Å². The van der Waals surface area contributed by atoms with Crippen molar-refractivity contribution >= 4 is 29.4 Å². The molecule has 0 aliphatic rings. The van der Waals surface area contributed by atoms with E-state index in [9.17, 15) is 9.59 Å². The van der Waals surface area contributed by atoms with Crippen molar-refractivity contribution in [3.63, 3.8) is 0 Å². The zero-order valence-electron chi connectivity index (χ0n) is 11.7. The van der Waals surface area contributed by atoms with Crippen LogP contribution in [0.1, 0.15) is 5.56 Å². The normalized spacial score (nSPS) is 10.1. The molecule has 116 valence electrons. The minimum absolute atomic E-state index is 0.0105. The highest BCUT2D eigenvalue weighted by Crippen LogP contribution is 2.09. The molecule has 9 heteroatoms. The summed E-state index contributed by atoms with van der Waals surface area (Å²) in [6, 6.07) is 7.17.